The second kappa shape index (κ2) is 7.93. The predicted molar refractivity (Wildman–Crippen MR) is 159 cm³/mol. The van der Waals surface area contributed by atoms with Crippen LogP contribution in [-0.2, 0) is 0 Å². The van der Waals surface area contributed by atoms with Crippen molar-refractivity contribution in [2.24, 2.45) is 10.8 Å². The van der Waals surface area contributed by atoms with Crippen molar-refractivity contribution in [3.8, 4) is 33.6 Å². The lowest BCUT2D eigenvalue weighted by Gasteiger charge is -2.11. The number of hydrogen-bond acceptors (Lipinski definition) is 4. The van der Waals surface area contributed by atoms with Crippen molar-refractivity contribution in [1.29, 1.82) is 0 Å². The third-order valence-corrected chi connectivity index (χ3v) is 10.4. The summed E-state index contributed by atoms with van der Waals surface area (Å²) in [6.07, 6.45) is 8.91. The molecule has 6 unspecified atom stereocenters. The zero-order valence-corrected chi connectivity index (χ0v) is 23.0. The van der Waals surface area contributed by atoms with Crippen LogP contribution in [-0.4, -0.2) is 32.0 Å². The number of rotatable bonds is 5. The molecule has 0 spiro atoms. The number of fused-ring (bicyclic) bond motifs is 3. The van der Waals surface area contributed by atoms with E-state index in [4.69, 9.17) is 9.97 Å². The van der Waals surface area contributed by atoms with Gasteiger partial charge in [0.05, 0.1) is 35.9 Å². The molecule has 2 aromatic heterocycles. The van der Waals surface area contributed by atoms with Crippen molar-refractivity contribution < 1.29 is 0 Å². The highest BCUT2D eigenvalue weighted by Gasteiger charge is 2.58. The van der Waals surface area contributed by atoms with Gasteiger partial charge in [0.15, 0.2) is 0 Å². The van der Waals surface area contributed by atoms with Gasteiger partial charge in [-0.25, -0.2) is 9.97 Å². The molecule has 6 heteroatoms. The lowest BCUT2D eigenvalue weighted by molar-refractivity contribution is 0.488. The van der Waals surface area contributed by atoms with Crippen molar-refractivity contribution >= 4 is 10.8 Å². The molecular weight excluding hydrogens is 492 g/mol. The van der Waals surface area contributed by atoms with E-state index in [0.29, 0.717) is 35.0 Å². The normalized spacial score (nSPS) is 31.9. The molecule has 4 aliphatic rings. The predicted octanol–water partition coefficient (Wildman–Crippen LogP) is 6.91. The standard InChI is InChI=1S/C34H34N6/c1-33-13-25(37-29(33)15-33)31-35-17-27(39-31)20-5-3-19(4-6-20)21-7-8-23-12-24(10-9-22(23)11-21)28-18-36-32(40-28)26-14-34(2)16-30(34)38-26/h3-12,17-18,25-26,29-30,37-38H,13-16H2,1-2H3,(H,35,39)(H,36,40). The first-order chi connectivity index (χ1) is 19.4. The maximum atomic E-state index is 4.72. The molecule has 40 heavy (non-hydrogen) atoms. The summed E-state index contributed by atoms with van der Waals surface area (Å²) in [6, 6.07) is 24.3. The minimum Gasteiger partial charge on any atom is -0.341 e. The van der Waals surface area contributed by atoms with Crippen LogP contribution in [0, 0.1) is 10.8 Å². The number of aromatic nitrogens is 4. The number of imidazole rings is 2. The average molecular weight is 527 g/mol. The zero-order valence-electron chi connectivity index (χ0n) is 23.0. The van der Waals surface area contributed by atoms with Gasteiger partial charge in [0.2, 0.25) is 0 Å². The van der Waals surface area contributed by atoms with Crippen molar-refractivity contribution in [2.75, 3.05) is 0 Å². The van der Waals surface area contributed by atoms with Crippen LogP contribution in [0.15, 0.2) is 73.1 Å². The molecule has 2 aliphatic carbocycles. The van der Waals surface area contributed by atoms with Gasteiger partial charge in [-0.05, 0) is 76.1 Å². The Balaban J connectivity index is 0.925. The molecule has 200 valence electrons. The third-order valence-electron chi connectivity index (χ3n) is 10.4. The maximum absolute atomic E-state index is 4.72. The van der Waals surface area contributed by atoms with Crippen molar-refractivity contribution in [1.82, 2.24) is 30.6 Å². The van der Waals surface area contributed by atoms with Gasteiger partial charge >= 0.3 is 0 Å². The molecule has 4 N–H and O–H groups in total. The molecule has 0 amide bonds. The molecular formula is C34H34N6. The van der Waals surface area contributed by atoms with E-state index in [1.54, 1.807) is 0 Å². The molecule has 5 aromatic rings. The van der Waals surface area contributed by atoms with Crippen molar-refractivity contribution in [2.45, 2.75) is 63.7 Å². The second-order valence-electron chi connectivity index (χ2n) is 13.4. The lowest BCUT2D eigenvalue weighted by Crippen LogP contribution is -2.18. The van der Waals surface area contributed by atoms with Gasteiger partial charge in [-0.1, -0.05) is 62.4 Å². The Bertz CT molecular complexity index is 1780. The summed E-state index contributed by atoms with van der Waals surface area (Å²) in [5, 5.41) is 9.93. The minimum atomic E-state index is 0.348. The number of H-pyrrole nitrogens is 2. The maximum Gasteiger partial charge on any atom is 0.123 e. The van der Waals surface area contributed by atoms with Crippen LogP contribution in [0.25, 0.3) is 44.4 Å². The molecule has 2 saturated carbocycles. The Hall–Kier alpha value is -3.74. The molecule has 6 nitrogen and oxygen atoms in total. The van der Waals surface area contributed by atoms with Gasteiger partial charge in [0.25, 0.3) is 0 Å². The first kappa shape index (κ1) is 23.0. The monoisotopic (exact) mass is 526 g/mol. The second-order valence-corrected chi connectivity index (χ2v) is 13.4. The molecule has 9 rings (SSSR count). The van der Waals surface area contributed by atoms with Crippen LogP contribution in [0.2, 0.25) is 0 Å². The first-order valence-corrected chi connectivity index (χ1v) is 14.7. The SMILES string of the molecule is CC12CC(c3ncc(-c4ccc(-c5ccc6cc(-c7cnc(C8CC9(C)CC9N8)[nH]7)ccc6c5)cc4)[nH]3)NC1C2. The van der Waals surface area contributed by atoms with E-state index in [1.807, 2.05) is 12.4 Å². The summed E-state index contributed by atoms with van der Waals surface area (Å²) in [4.78, 5) is 16.6. The van der Waals surface area contributed by atoms with E-state index in [0.717, 1.165) is 23.0 Å². The highest BCUT2D eigenvalue weighted by molar-refractivity contribution is 5.90. The van der Waals surface area contributed by atoms with E-state index in [1.165, 1.54) is 58.7 Å². The van der Waals surface area contributed by atoms with Crippen LogP contribution < -0.4 is 10.6 Å². The van der Waals surface area contributed by atoms with Crippen LogP contribution >= 0.6 is 0 Å². The van der Waals surface area contributed by atoms with Crippen molar-refractivity contribution in [3.05, 3.63) is 84.7 Å². The third kappa shape index (κ3) is 3.62. The summed E-state index contributed by atoms with van der Waals surface area (Å²) >= 11 is 0. The fourth-order valence-electron chi connectivity index (χ4n) is 7.43. The molecule has 3 aromatic carbocycles. The number of nitrogens with one attached hydrogen (secondary N) is 4. The largest absolute Gasteiger partial charge is 0.341 e. The molecule has 2 saturated heterocycles. The van der Waals surface area contributed by atoms with Gasteiger partial charge in [-0.15, -0.1) is 0 Å². The van der Waals surface area contributed by atoms with E-state index in [9.17, 15) is 0 Å². The minimum absolute atomic E-state index is 0.348. The van der Waals surface area contributed by atoms with E-state index in [-0.39, 0.29) is 0 Å². The number of benzene rings is 3. The Morgan fingerprint density at radius 1 is 0.575 bits per heavy atom. The van der Waals surface area contributed by atoms with Gasteiger partial charge < -0.3 is 20.6 Å². The molecule has 2 aliphatic heterocycles. The quantitative estimate of drug-likeness (QED) is 0.201. The summed E-state index contributed by atoms with van der Waals surface area (Å²) in [5.74, 6) is 2.13. The Morgan fingerprint density at radius 3 is 1.60 bits per heavy atom. The first-order valence-electron chi connectivity index (χ1n) is 14.7. The Kier molecular flexibility index (Phi) is 4.56. The summed E-state index contributed by atoms with van der Waals surface area (Å²) in [7, 11) is 0. The highest BCUT2D eigenvalue weighted by Crippen LogP contribution is 2.58. The molecule has 6 atom stereocenters. The number of piperidine rings is 2. The number of nitrogens with zero attached hydrogens (tertiary/aromatic N) is 2. The smallest absolute Gasteiger partial charge is 0.123 e. The summed E-state index contributed by atoms with van der Waals surface area (Å²) in [6.45, 7) is 4.76. The Morgan fingerprint density at radius 2 is 1.05 bits per heavy atom. The van der Waals surface area contributed by atoms with Crippen LogP contribution in [0.1, 0.15) is 63.3 Å². The molecule has 0 bridgehead atoms. The van der Waals surface area contributed by atoms with Gasteiger partial charge in [-0.2, -0.15) is 0 Å². The van der Waals surface area contributed by atoms with E-state index in [2.05, 4.69) is 95.1 Å². The van der Waals surface area contributed by atoms with E-state index >= 15 is 0 Å². The highest BCUT2D eigenvalue weighted by atomic mass is 15.1. The van der Waals surface area contributed by atoms with Crippen LogP contribution in [0.4, 0.5) is 0 Å². The molecule has 4 heterocycles. The average Bonchev–Trinajstić information content (AvgIpc) is 3.46. The molecule has 4 fully saturated rings. The fourth-order valence-corrected chi connectivity index (χ4v) is 7.43. The van der Waals surface area contributed by atoms with Gasteiger partial charge in [0, 0.05) is 17.6 Å². The van der Waals surface area contributed by atoms with Crippen molar-refractivity contribution in [3.63, 3.8) is 0 Å². The summed E-state index contributed by atoms with van der Waals surface area (Å²) < 4.78 is 0. The Labute approximate surface area is 234 Å². The van der Waals surface area contributed by atoms with Crippen LogP contribution in [0.3, 0.4) is 0 Å². The lowest BCUT2D eigenvalue weighted by atomic mass is 9.98. The summed E-state index contributed by atoms with van der Waals surface area (Å²) in [5.41, 5.74) is 7.91. The van der Waals surface area contributed by atoms with Gasteiger partial charge in [-0.3, -0.25) is 0 Å². The number of hydrogen-bond donors (Lipinski definition) is 4. The van der Waals surface area contributed by atoms with E-state index < -0.39 is 0 Å². The fraction of sp³-hybridized carbons (Fsp3) is 0.353. The topological polar surface area (TPSA) is 81.4 Å². The number of aromatic amines is 2. The molecule has 0 radical (unpaired) electrons. The van der Waals surface area contributed by atoms with Gasteiger partial charge in [0.1, 0.15) is 11.6 Å². The van der Waals surface area contributed by atoms with Crippen LogP contribution in [0.5, 0.6) is 0 Å². The zero-order chi connectivity index (χ0) is 26.6.